The molecule has 2 heterocycles. The summed E-state index contributed by atoms with van der Waals surface area (Å²) in [5.74, 6) is 0. The Morgan fingerprint density at radius 1 is 1.39 bits per heavy atom. The molecule has 3 nitrogen and oxygen atoms in total. The molecular weight excluding hydrogens is 224 g/mol. The Bertz CT molecular complexity index is 267. The Morgan fingerprint density at radius 3 is 2.83 bits per heavy atom. The summed E-state index contributed by atoms with van der Waals surface area (Å²) in [5.41, 5.74) is 0.429. The van der Waals surface area contributed by atoms with Crippen molar-refractivity contribution in [3.63, 3.8) is 0 Å². The largest absolute Gasteiger partial charge is 0.376 e. The molecule has 2 rings (SSSR count). The minimum atomic E-state index is 0.388. The van der Waals surface area contributed by atoms with E-state index in [1.165, 1.54) is 32.4 Å². The molecule has 0 amide bonds. The Morgan fingerprint density at radius 2 is 2.17 bits per heavy atom. The topological polar surface area (TPSA) is 24.5 Å². The molecule has 18 heavy (non-hydrogen) atoms. The fourth-order valence-corrected chi connectivity index (χ4v) is 3.33. The second kappa shape index (κ2) is 5.89. The normalized spacial score (nSPS) is 37.7. The van der Waals surface area contributed by atoms with E-state index in [9.17, 15) is 0 Å². The number of rotatable bonds is 3. The van der Waals surface area contributed by atoms with Crippen molar-refractivity contribution in [3.05, 3.63) is 0 Å². The summed E-state index contributed by atoms with van der Waals surface area (Å²) in [6.07, 6.45) is 4.25. The highest BCUT2D eigenvalue weighted by molar-refractivity contribution is 4.92. The van der Waals surface area contributed by atoms with Crippen molar-refractivity contribution in [3.8, 4) is 0 Å². The zero-order valence-corrected chi connectivity index (χ0v) is 12.5. The molecule has 0 saturated carbocycles. The van der Waals surface area contributed by atoms with Gasteiger partial charge in [-0.05, 0) is 38.1 Å². The van der Waals surface area contributed by atoms with Crippen LogP contribution in [0.25, 0.3) is 0 Å². The van der Waals surface area contributed by atoms with Crippen LogP contribution in [0.3, 0.4) is 0 Å². The van der Waals surface area contributed by atoms with Crippen LogP contribution in [0.4, 0.5) is 0 Å². The van der Waals surface area contributed by atoms with Gasteiger partial charge in [-0.2, -0.15) is 0 Å². The van der Waals surface area contributed by atoms with Crippen LogP contribution in [0, 0.1) is 5.41 Å². The van der Waals surface area contributed by atoms with Gasteiger partial charge in [0.15, 0.2) is 0 Å². The highest BCUT2D eigenvalue weighted by Gasteiger charge is 2.35. The van der Waals surface area contributed by atoms with Gasteiger partial charge >= 0.3 is 0 Å². The molecule has 3 atom stereocenters. The first kappa shape index (κ1) is 14.3. The van der Waals surface area contributed by atoms with Gasteiger partial charge in [-0.3, -0.25) is 4.90 Å². The number of piperidine rings is 1. The molecule has 0 aromatic heterocycles. The monoisotopic (exact) mass is 254 g/mol. The van der Waals surface area contributed by atoms with Crippen LogP contribution in [0.2, 0.25) is 0 Å². The third-order valence-electron chi connectivity index (χ3n) is 4.80. The first-order chi connectivity index (χ1) is 8.53. The lowest BCUT2D eigenvalue weighted by Gasteiger charge is -2.46. The second-order valence-corrected chi connectivity index (χ2v) is 6.76. The number of hydrogen-bond acceptors (Lipinski definition) is 3. The number of hydrogen-bond donors (Lipinski definition) is 1. The van der Waals surface area contributed by atoms with E-state index in [4.69, 9.17) is 4.74 Å². The predicted molar refractivity (Wildman–Crippen MR) is 75.9 cm³/mol. The average molecular weight is 254 g/mol. The van der Waals surface area contributed by atoms with E-state index in [0.29, 0.717) is 23.6 Å². The molecule has 1 N–H and O–H groups in total. The van der Waals surface area contributed by atoms with Gasteiger partial charge in [0.1, 0.15) is 0 Å². The van der Waals surface area contributed by atoms with Crippen LogP contribution in [0.5, 0.6) is 0 Å². The van der Waals surface area contributed by atoms with E-state index in [2.05, 4.69) is 37.9 Å². The SMILES string of the molecule is CCC1COC(C)CN1CC1NCCCC1(C)C. The summed E-state index contributed by atoms with van der Waals surface area (Å²) in [6, 6.07) is 1.24. The van der Waals surface area contributed by atoms with Crippen LogP contribution >= 0.6 is 0 Å². The van der Waals surface area contributed by atoms with E-state index in [0.717, 1.165) is 13.2 Å². The van der Waals surface area contributed by atoms with Crippen LogP contribution in [-0.2, 0) is 4.74 Å². The minimum Gasteiger partial charge on any atom is -0.376 e. The highest BCUT2D eigenvalue weighted by Crippen LogP contribution is 2.31. The third-order valence-corrected chi connectivity index (χ3v) is 4.80. The molecule has 0 radical (unpaired) electrons. The van der Waals surface area contributed by atoms with Crippen molar-refractivity contribution in [2.45, 2.75) is 65.1 Å². The Kier molecular flexibility index (Phi) is 4.68. The molecule has 0 bridgehead atoms. The zero-order valence-electron chi connectivity index (χ0n) is 12.5. The molecule has 106 valence electrons. The maximum atomic E-state index is 5.79. The number of nitrogens with zero attached hydrogens (tertiary/aromatic N) is 1. The summed E-state index contributed by atoms with van der Waals surface area (Å²) < 4.78 is 5.79. The maximum Gasteiger partial charge on any atom is 0.0674 e. The summed E-state index contributed by atoms with van der Waals surface area (Å²) >= 11 is 0. The van der Waals surface area contributed by atoms with Crippen molar-refractivity contribution >= 4 is 0 Å². The van der Waals surface area contributed by atoms with Gasteiger partial charge in [0, 0.05) is 25.2 Å². The molecular formula is C15H30N2O. The van der Waals surface area contributed by atoms with Gasteiger partial charge in [0.25, 0.3) is 0 Å². The summed E-state index contributed by atoms with van der Waals surface area (Å²) in [7, 11) is 0. The Labute approximate surface area is 112 Å². The van der Waals surface area contributed by atoms with Crippen molar-refractivity contribution < 1.29 is 4.74 Å². The smallest absolute Gasteiger partial charge is 0.0674 e. The van der Waals surface area contributed by atoms with Gasteiger partial charge in [-0.15, -0.1) is 0 Å². The Balaban J connectivity index is 1.97. The number of ether oxygens (including phenoxy) is 1. The van der Waals surface area contributed by atoms with Crippen molar-refractivity contribution in [1.82, 2.24) is 10.2 Å². The van der Waals surface area contributed by atoms with Gasteiger partial charge in [0.05, 0.1) is 12.7 Å². The standard InChI is InChI=1S/C15H30N2O/c1-5-13-11-18-12(2)9-17(13)10-14-15(3,4)7-6-8-16-14/h12-14,16H,5-11H2,1-4H3. The molecule has 2 fully saturated rings. The van der Waals surface area contributed by atoms with Gasteiger partial charge < -0.3 is 10.1 Å². The fourth-order valence-electron chi connectivity index (χ4n) is 3.33. The number of nitrogens with one attached hydrogen (secondary N) is 1. The number of morpholine rings is 1. The third kappa shape index (κ3) is 3.25. The molecule has 2 aliphatic rings. The molecule has 0 aromatic carbocycles. The zero-order chi connectivity index (χ0) is 13.2. The first-order valence-electron chi connectivity index (χ1n) is 7.62. The lowest BCUT2D eigenvalue weighted by molar-refractivity contribution is -0.0643. The van der Waals surface area contributed by atoms with Crippen molar-refractivity contribution in [2.24, 2.45) is 5.41 Å². The van der Waals surface area contributed by atoms with Crippen molar-refractivity contribution in [2.75, 3.05) is 26.2 Å². The van der Waals surface area contributed by atoms with E-state index in [-0.39, 0.29) is 0 Å². The maximum absolute atomic E-state index is 5.79. The minimum absolute atomic E-state index is 0.388. The summed E-state index contributed by atoms with van der Waals surface area (Å²) in [6.45, 7) is 13.7. The van der Waals surface area contributed by atoms with E-state index >= 15 is 0 Å². The molecule has 2 saturated heterocycles. The lowest BCUT2D eigenvalue weighted by Crippen LogP contribution is -2.58. The first-order valence-corrected chi connectivity index (χ1v) is 7.62. The molecule has 0 aliphatic carbocycles. The fraction of sp³-hybridized carbons (Fsp3) is 1.00. The van der Waals surface area contributed by atoms with Crippen LogP contribution in [0.15, 0.2) is 0 Å². The molecule has 3 unspecified atom stereocenters. The molecule has 3 heteroatoms. The summed E-state index contributed by atoms with van der Waals surface area (Å²) in [5, 5.41) is 3.73. The molecule has 2 aliphatic heterocycles. The van der Waals surface area contributed by atoms with Crippen molar-refractivity contribution in [1.29, 1.82) is 0 Å². The summed E-state index contributed by atoms with van der Waals surface area (Å²) in [4.78, 5) is 2.65. The van der Waals surface area contributed by atoms with Gasteiger partial charge in [-0.1, -0.05) is 20.8 Å². The quantitative estimate of drug-likeness (QED) is 0.836. The lowest BCUT2D eigenvalue weighted by atomic mass is 9.77. The molecule has 0 spiro atoms. The van der Waals surface area contributed by atoms with E-state index < -0.39 is 0 Å². The average Bonchev–Trinajstić information content (AvgIpc) is 2.32. The van der Waals surface area contributed by atoms with E-state index in [1.807, 2.05) is 0 Å². The van der Waals surface area contributed by atoms with E-state index in [1.54, 1.807) is 0 Å². The highest BCUT2D eigenvalue weighted by atomic mass is 16.5. The van der Waals surface area contributed by atoms with Crippen LogP contribution in [0.1, 0.15) is 47.0 Å². The predicted octanol–water partition coefficient (Wildman–Crippen LogP) is 2.26. The van der Waals surface area contributed by atoms with Gasteiger partial charge in [-0.25, -0.2) is 0 Å². The van der Waals surface area contributed by atoms with Gasteiger partial charge in [0.2, 0.25) is 0 Å². The van der Waals surface area contributed by atoms with Crippen LogP contribution in [-0.4, -0.2) is 49.3 Å². The second-order valence-electron chi connectivity index (χ2n) is 6.76. The molecule has 0 aromatic rings. The van der Waals surface area contributed by atoms with Crippen LogP contribution < -0.4 is 5.32 Å². The Hall–Kier alpha value is -0.120.